The summed E-state index contributed by atoms with van der Waals surface area (Å²) in [4.78, 5) is 16.9. The van der Waals surface area contributed by atoms with Crippen molar-refractivity contribution in [3.8, 4) is 5.75 Å². The number of anilines is 1. The van der Waals surface area contributed by atoms with Crippen molar-refractivity contribution in [3.63, 3.8) is 0 Å². The Morgan fingerprint density at radius 1 is 1.08 bits per heavy atom. The van der Waals surface area contributed by atoms with Gasteiger partial charge in [0.25, 0.3) is 0 Å². The van der Waals surface area contributed by atoms with Crippen LogP contribution in [0.15, 0.2) is 24.3 Å². The molecule has 3 rings (SSSR count). The third-order valence-corrected chi connectivity index (χ3v) is 5.58. The van der Waals surface area contributed by atoms with Gasteiger partial charge in [-0.15, -0.1) is 0 Å². The van der Waals surface area contributed by atoms with Crippen molar-refractivity contribution in [1.82, 2.24) is 15.8 Å². The van der Waals surface area contributed by atoms with Gasteiger partial charge in [-0.05, 0) is 50.5 Å². The molecule has 1 aromatic rings. The maximum Gasteiger partial charge on any atom is 0.222 e. The van der Waals surface area contributed by atoms with E-state index < -0.39 is 0 Å². The smallest absolute Gasteiger partial charge is 0.222 e. The Labute approximate surface area is 150 Å². The first-order valence-electron chi connectivity index (χ1n) is 9.26. The Morgan fingerprint density at radius 3 is 2.24 bits per heavy atom. The van der Waals surface area contributed by atoms with Crippen LogP contribution in [0.4, 0.5) is 5.69 Å². The molecule has 2 atom stereocenters. The Bertz CT molecular complexity index is 559. The number of hydrogen-bond donors (Lipinski definition) is 2. The number of ether oxygens (including phenoxy) is 1. The van der Waals surface area contributed by atoms with E-state index in [1.807, 2.05) is 17.0 Å². The van der Waals surface area contributed by atoms with Crippen LogP contribution in [-0.4, -0.2) is 56.2 Å². The van der Waals surface area contributed by atoms with Gasteiger partial charge in [-0.3, -0.25) is 15.6 Å². The molecule has 2 aliphatic rings. The van der Waals surface area contributed by atoms with Gasteiger partial charge in [0.15, 0.2) is 0 Å². The summed E-state index contributed by atoms with van der Waals surface area (Å²) < 4.78 is 5.21. The van der Waals surface area contributed by atoms with E-state index in [0.717, 1.165) is 38.3 Å². The minimum atomic E-state index is 0.292. The average Bonchev–Trinajstić information content (AvgIpc) is 2.98. The number of amides is 1. The largest absolute Gasteiger partial charge is 0.497 e. The van der Waals surface area contributed by atoms with E-state index in [9.17, 15) is 4.79 Å². The summed E-state index contributed by atoms with van der Waals surface area (Å²) >= 11 is 0. The van der Waals surface area contributed by atoms with Crippen molar-refractivity contribution >= 4 is 11.6 Å². The summed E-state index contributed by atoms with van der Waals surface area (Å²) in [6, 6.07) is 8.99. The zero-order valence-electron chi connectivity index (χ0n) is 15.5. The second-order valence-corrected chi connectivity index (χ2v) is 7.13. The summed E-state index contributed by atoms with van der Waals surface area (Å²) in [5.41, 5.74) is 7.72. The number of hydrazine groups is 1. The monoisotopic (exact) mass is 346 g/mol. The normalized spacial score (nSPS) is 26.8. The average molecular weight is 346 g/mol. The standard InChI is InChI=1S/C19H30N4O2/c1-14-18(15(2)21-20-14)8-9-19(24)23-12-10-22(11-13-23)16-4-6-17(25-3)7-5-16/h4-7,14-15,18,20-21H,8-13H2,1-3H3. The molecule has 2 heterocycles. The second-order valence-electron chi connectivity index (χ2n) is 7.13. The van der Waals surface area contributed by atoms with Crippen LogP contribution in [0.2, 0.25) is 0 Å². The number of piperazine rings is 1. The Morgan fingerprint density at radius 2 is 1.68 bits per heavy atom. The molecule has 2 saturated heterocycles. The highest BCUT2D eigenvalue weighted by atomic mass is 16.5. The molecule has 0 radical (unpaired) electrons. The van der Waals surface area contributed by atoms with E-state index in [4.69, 9.17) is 4.74 Å². The predicted molar refractivity (Wildman–Crippen MR) is 99.7 cm³/mol. The predicted octanol–water partition coefficient (Wildman–Crippen LogP) is 1.63. The van der Waals surface area contributed by atoms with Gasteiger partial charge in [0.05, 0.1) is 7.11 Å². The van der Waals surface area contributed by atoms with Gasteiger partial charge >= 0.3 is 0 Å². The van der Waals surface area contributed by atoms with E-state index in [1.165, 1.54) is 5.69 Å². The van der Waals surface area contributed by atoms with Crippen LogP contribution in [0, 0.1) is 5.92 Å². The number of rotatable bonds is 5. The van der Waals surface area contributed by atoms with Crippen LogP contribution in [0.25, 0.3) is 0 Å². The van der Waals surface area contributed by atoms with Crippen LogP contribution in [0.1, 0.15) is 26.7 Å². The molecule has 0 aromatic heterocycles. The highest BCUT2D eigenvalue weighted by Crippen LogP contribution is 2.23. The Balaban J connectivity index is 1.45. The molecule has 0 spiro atoms. The number of nitrogens with one attached hydrogen (secondary N) is 2. The molecule has 1 amide bonds. The lowest BCUT2D eigenvalue weighted by Crippen LogP contribution is -2.48. The lowest BCUT2D eigenvalue weighted by atomic mass is 9.91. The van der Waals surface area contributed by atoms with Crippen molar-refractivity contribution in [2.45, 2.75) is 38.8 Å². The quantitative estimate of drug-likeness (QED) is 0.849. The van der Waals surface area contributed by atoms with Crippen LogP contribution < -0.4 is 20.5 Å². The zero-order valence-corrected chi connectivity index (χ0v) is 15.5. The maximum absolute atomic E-state index is 12.5. The summed E-state index contributed by atoms with van der Waals surface area (Å²) in [5, 5.41) is 0. The Hall–Kier alpha value is -1.79. The highest BCUT2D eigenvalue weighted by molar-refractivity contribution is 5.76. The van der Waals surface area contributed by atoms with Gasteiger partial charge in [-0.2, -0.15) is 0 Å². The SMILES string of the molecule is COc1ccc(N2CCN(C(=O)CCC3C(C)NNC3C)CC2)cc1. The summed E-state index contributed by atoms with van der Waals surface area (Å²) in [6.45, 7) is 7.74. The summed E-state index contributed by atoms with van der Waals surface area (Å²) in [5.74, 6) is 1.68. The lowest BCUT2D eigenvalue weighted by molar-refractivity contribution is -0.131. The first-order valence-corrected chi connectivity index (χ1v) is 9.26. The van der Waals surface area contributed by atoms with E-state index in [2.05, 4.69) is 41.7 Å². The van der Waals surface area contributed by atoms with E-state index >= 15 is 0 Å². The molecule has 1 aromatic carbocycles. The minimum absolute atomic E-state index is 0.292. The molecule has 2 unspecified atom stereocenters. The lowest BCUT2D eigenvalue weighted by Gasteiger charge is -2.36. The van der Waals surface area contributed by atoms with E-state index in [-0.39, 0.29) is 0 Å². The fourth-order valence-electron chi connectivity index (χ4n) is 3.87. The minimum Gasteiger partial charge on any atom is -0.497 e. The third kappa shape index (κ3) is 4.25. The zero-order chi connectivity index (χ0) is 17.8. The molecule has 138 valence electrons. The number of carbonyl (C=O) groups is 1. The molecular weight excluding hydrogens is 316 g/mol. The van der Waals surface area contributed by atoms with Crippen molar-refractivity contribution < 1.29 is 9.53 Å². The van der Waals surface area contributed by atoms with Gasteiger partial charge < -0.3 is 14.5 Å². The number of hydrogen-bond acceptors (Lipinski definition) is 5. The molecule has 0 aliphatic carbocycles. The number of methoxy groups -OCH3 is 1. The molecule has 0 saturated carbocycles. The van der Waals surface area contributed by atoms with Gasteiger partial charge in [0.1, 0.15) is 5.75 Å². The number of benzene rings is 1. The van der Waals surface area contributed by atoms with Crippen molar-refractivity contribution in [2.75, 3.05) is 38.2 Å². The van der Waals surface area contributed by atoms with Crippen molar-refractivity contribution in [1.29, 1.82) is 0 Å². The molecule has 6 heteroatoms. The van der Waals surface area contributed by atoms with Crippen LogP contribution in [0.5, 0.6) is 5.75 Å². The molecule has 2 N–H and O–H groups in total. The fraction of sp³-hybridized carbons (Fsp3) is 0.632. The molecule has 6 nitrogen and oxygen atoms in total. The highest BCUT2D eigenvalue weighted by Gasteiger charge is 2.30. The van der Waals surface area contributed by atoms with Gasteiger partial charge in [0.2, 0.25) is 5.91 Å². The van der Waals surface area contributed by atoms with Crippen molar-refractivity contribution in [3.05, 3.63) is 24.3 Å². The number of carbonyl (C=O) groups excluding carboxylic acids is 1. The van der Waals surface area contributed by atoms with Crippen LogP contribution in [0.3, 0.4) is 0 Å². The molecule has 25 heavy (non-hydrogen) atoms. The molecule has 0 bridgehead atoms. The topological polar surface area (TPSA) is 56.8 Å². The van der Waals surface area contributed by atoms with Crippen molar-refractivity contribution in [2.24, 2.45) is 5.92 Å². The summed E-state index contributed by atoms with van der Waals surface area (Å²) in [6.07, 6.45) is 1.59. The third-order valence-electron chi connectivity index (χ3n) is 5.58. The Kier molecular flexibility index (Phi) is 5.81. The van der Waals surface area contributed by atoms with E-state index in [1.54, 1.807) is 7.11 Å². The number of nitrogens with zero attached hydrogens (tertiary/aromatic N) is 2. The van der Waals surface area contributed by atoms with Gasteiger partial charge in [0, 0.05) is 50.4 Å². The maximum atomic E-state index is 12.5. The van der Waals surface area contributed by atoms with Gasteiger partial charge in [-0.25, -0.2) is 0 Å². The molecule has 2 fully saturated rings. The fourth-order valence-corrected chi connectivity index (χ4v) is 3.87. The summed E-state index contributed by atoms with van der Waals surface area (Å²) in [7, 11) is 1.68. The molecule has 2 aliphatic heterocycles. The van der Waals surface area contributed by atoms with E-state index in [0.29, 0.717) is 30.3 Å². The first-order chi connectivity index (χ1) is 12.1. The van der Waals surface area contributed by atoms with Crippen LogP contribution in [-0.2, 0) is 4.79 Å². The second kappa shape index (κ2) is 8.06. The van der Waals surface area contributed by atoms with Crippen LogP contribution >= 0.6 is 0 Å². The first kappa shape index (κ1) is 18.0. The van der Waals surface area contributed by atoms with Gasteiger partial charge in [-0.1, -0.05) is 0 Å². The molecular formula is C19H30N4O2.